The normalized spacial score (nSPS) is 10.7. The maximum Gasteiger partial charge on any atom is 0.401 e. The first-order valence-electron chi connectivity index (χ1n) is 5.71. The van der Waals surface area contributed by atoms with Gasteiger partial charge in [-0.15, -0.1) is 0 Å². The van der Waals surface area contributed by atoms with Crippen LogP contribution in [0.4, 0.5) is 13.2 Å². The van der Waals surface area contributed by atoms with Gasteiger partial charge in [0.25, 0.3) is 11.4 Å². The predicted octanol–water partition coefficient (Wildman–Crippen LogP) is 2.60. The fourth-order valence-corrected chi connectivity index (χ4v) is 2.00. The number of aryl methyl sites for hydroxylation is 1. The Morgan fingerprint density at radius 2 is 1.70 bits per heavy atom. The molecule has 104 valence electrons. The Hall–Kier alpha value is -2.37. The summed E-state index contributed by atoms with van der Waals surface area (Å²) in [5, 5.41) is 8.99. The number of rotatable bonds is 2. The van der Waals surface area contributed by atoms with E-state index in [0.29, 0.717) is 0 Å². The second-order valence-corrected chi connectivity index (χ2v) is 4.33. The molecule has 3 nitrogen and oxygen atoms in total. The number of aromatic carboxylic acids is 1. The third kappa shape index (κ3) is 2.13. The van der Waals surface area contributed by atoms with Crippen LogP contribution in [0.3, 0.4) is 0 Å². The van der Waals surface area contributed by atoms with Gasteiger partial charge in [0.05, 0.1) is 0 Å². The number of aromatic nitrogens is 1. The molecule has 2 aromatic rings. The van der Waals surface area contributed by atoms with Crippen LogP contribution in [0.15, 0.2) is 24.3 Å². The van der Waals surface area contributed by atoms with E-state index in [0.717, 1.165) is 22.8 Å². The second kappa shape index (κ2) is 4.96. The summed E-state index contributed by atoms with van der Waals surface area (Å²) in [6.45, 7) is 1.41. The van der Waals surface area contributed by atoms with Crippen LogP contribution in [-0.4, -0.2) is 11.1 Å². The van der Waals surface area contributed by atoms with E-state index in [1.807, 2.05) is 0 Å². The van der Waals surface area contributed by atoms with E-state index in [4.69, 9.17) is 5.11 Å². The summed E-state index contributed by atoms with van der Waals surface area (Å²) in [5.74, 6) is -4.09. The molecule has 1 aromatic heterocycles. The molecule has 0 amide bonds. The Balaban J connectivity index is 2.86. The lowest BCUT2D eigenvalue weighted by Crippen LogP contribution is -2.40. The van der Waals surface area contributed by atoms with Crippen LogP contribution in [0.25, 0.3) is 11.3 Å². The van der Waals surface area contributed by atoms with Gasteiger partial charge in [0.2, 0.25) is 0 Å². The lowest BCUT2D eigenvalue weighted by atomic mass is 10.0. The maximum absolute atomic E-state index is 14.1. The molecule has 0 saturated heterocycles. The molecule has 0 unspecified atom stereocenters. The van der Waals surface area contributed by atoms with E-state index >= 15 is 0 Å². The largest absolute Gasteiger partial charge is 0.473 e. The van der Waals surface area contributed by atoms with E-state index in [1.165, 1.54) is 20.0 Å². The Kier molecular flexibility index (Phi) is 3.48. The molecular weight excluding hydrogens is 271 g/mol. The molecule has 1 aromatic carbocycles. The molecule has 6 heteroatoms. The molecule has 0 radical (unpaired) electrons. The smallest absolute Gasteiger partial charge is 0.401 e. The molecule has 0 fully saturated rings. The number of halogens is 3. The van der Waals surface area contributed by atoms with Crippen molar-refractivity contribution in [1.29, 1.82) is 0 Å². The number of nitrogens with zero attached hydrogens (tertiary/aromatic N) is 1. The molecule has 20 heavy (non-hydrogen) atoms. The summed E-state index contributed by atoms with van der Waals surface area (Å²) >= 11 is 0. The monoisotopic (exact) mass is 282 g/mol. The molecule has 0 spiro atoms. The fourth-order valence-electron chi connectivity index (χ4n) is 2.00. The standard InChI is InChI=1S/C14H10F3NO2/c1-7-3-4-8(15)11(12(7)17)13-9(16)5-6-10(14(19)20)18(13)2/h3-6H,1-2H3/p+1. The Bertz CT molecular complexity index is 714. The van der Waals surface area contributed by atoms with Crippen LogP contribution in [0.1, 0.15) is 16.1 Å². The molecule has 0 bridgehead atoms. The van der Waals surface area contributed by atoms with Crippen molar-refractivity contribution in [2.24, 2.45) is 7.05 Å². The van der Waals surface area contributed by atoms with Crippen LogP contribution in [0.5, 0.6) is 0 Å². The molecule has 2 rings (SSSR count). The highest BCUT2D eigenvalue weighted by molar-refractivity contribution is 5.84. The highest BCUT2D eigenvalue weighted by atomic mass is 19.1. The molecular formula is C14H11F3NO2+. The van der Waals surface area contributed by atoms with Gasteiger partial charge in [0, 0.05) is 6.07 Å². The molecule has 1 N–H and O–H groups in total. The minimum absolute atomic E-state index is 0.140. The molecule has 0 aliphatic carbocycles. The van der Waals surface area contributed by atoms with E-state index < -0.39 is 34.7 Å². The first kappa shape index (κ1) is 14.0. The van der Waals surface area contributed by atoms with Gasteiger partial charge in [0.1, 0.15) is 24.2 Å². The zero-order chi connectivity index (χ0) is 15.0. The van der Waals surface area contributed by atoms with Gasteiger partial charge in [-0.2, -0.15) is 8.96 Å². The summed E-state index contributed by atoms with van der Waals surface area (Å²) in [6.07, 6.45) is 0. The maximum atomic E-state index is 14.1. The van der Waals surface area contributed by atoms with Crippen molar-refractivity contribution in [3.05, 3.63) is 53.0 Å². The topological polar surface area (TPSA) is 41.2 Å². The number of carboxylic acid groups (broad SMARTS) is 1. The average Bonchev–Trinajstić information content (AvgIpc) is 2.37. The summed E-state index contributed by atoms with van der Waals surface area (Å²) in [6, 6.07) is 4.15. The van der Waals surface area contributed by atoms with Crippen molar-refractivity contribution < 1.29 is 27.6 Å². The summed E-state index contributed by atoms with van der Waals surface area (Å²) in [5.41, 5.74) is -1.15. The molecule has 0 saturated carbocycles. The first-order valence-corrected chi connectivity index (χ1v) is 5.71. The third-order valence-electron chi connectivity index (χ3n) is 3.05. The van der Waals surface area contributed by atoms with Gasteiger partial charge in [-0.25, -0.2) is 13.6 Å². The molecule has 0 aliphatic rings. The van der Waals surface area contributed by atoms with E-state index in [1.54, 1.807) is 0 Å². The van der Waals surface area contributed by atoms with Gasteiger partial charge in [-0.05, 0) is 24.6 Å². The van der Waals surface area contributed by atoms with Crippen LogP contribution in [0.2, 0.25) is 0 Å². The molecule has 1 heterocycles. The van der Waals surface area contributed by atoms with Gasteiger partial charge in [0.15, 0.2) is 5.82 Å². The number of benzene rings is 1. The SMILES string of the molecule is Cc1ccc(F)c(-c2c(F)ccc(C(=O)O)[n+]2C)c1F. The van der Waals surface area contributed by atoms with Crippen molar-refractivity contribution >= 4 is 5.97 Å². The summed E-state index contributed by atoms with van der Waals surface area (Å²) < 4.78 is 42.8. The van der Waals surface area contributed by atoms with Crippen LogP contribution >= 0.6 is 0 Å². The zero-order valence-corrected chi connectivity index (χ0v) is 10.7. The Labute approximate surface area is 112 Å². The Morgan fingerprint density at radius 1 is 1.10 bits per heavy atom. The zero-order valence-electron chi connectivity index (χ0n) is 10.7. The fraction of sp³-hybridized carbons (Fsp3) is 0.143. The summed E-state index contributed by atoms with van der Waals surface area (Å²) in [4.78, 5) is 11.0. The minimum atomic E-state index is -1.32. The second-order valence-electron chi connectivity index (χ2n) is 4.33. The first-order chi connectivity index (χ1) is 9.34. The average molecular weight is 282 g/mol. The van der Waals surface area contributed by atoms with Gasteiger partial charge < -0.3 is 5.11 Å². The lowest BCUT2D eigenvalue weighted by molar-refractivity contribution is -0.664. The highest BCUT2D eigenvalue weighted by Crippen LogP contribution is 2.27. The minimum Gasteiger partial charge on any atom is -0.473 e. The lowest BCUT2D eigenvalue weighted by Gasteiger charge is -2.08. The van der Waals surface area contributed by atoms with Gasteiger partial charge in [-0.3, -0.25) is 0 Å². The van der Waals surface area contributed by atoms with Crippen molar-refractivity contribution in [2.75, 3.05) is 0 Å². The number of carbonyl (C=O) groups is 1. The predicted molar refractivity (Wildman–Crippen MR) is 64.6 cm³/mol. The molecule has 0 atom stereocenters. The van der Waals surface area contributed by atoms with Crippen molar-refractivity contribution in [2.45, 2.75) is 6.92 Å². The number of hydrogen-bond donors (Lipinski definition) is 1. The number of carboxylic acids is 1. The van der Waals surface area contributed by atoms with Crippen LogP contribution in [-0.2, 0) is 7.05 Å². The third-order valence-corrected chi connectivity index (χ3v) is 3.05. The van der Waals surface area contributed by atoms with Gasteiger partial charge in [-0.1, -0.05) is 6.07 Å². The summed E-state index contributed by atoms with van der Waals surface area (Å²) in [7, 11) is 1.24. The highest BCUT2D eigenvalue weighted by Gasteiger charge is 2.29. The van der Waals surface area contributed by atoms with Gasteiger partial charge >= 0.3 is 5.97 Å². The van der Waals surface area contributed by atoms with Crippen molar-refractivity contribution in [3.63, 3.8) is 0 Å². The quantitative estimate of drug-likeness (QED) is 0.860. The van der Waals surface area contributed by atoms with Crippen molar-refractivity contribution in [3.8, 4) is 11.3 Å². The van der Waals surface area contributed by atoms with Crippen LogP contribution < -0.4 is 4.57 Å². The van der Waals surface area contributed by atoms with E-state index in [9.17, 15) is 18.0 Å². The number of pyridine rings is 1. The van der Waals surface area contributed by atoms with E-state index in [-0.39, 0.29) is 11.3 Å². The number of hydrogen-bond acceptors (Lipinski definition) is 1. The van der Waals surface area contributed by atoms with Crippen molar-refractivity contribution in [1.82, 2.24) is 0 Å². The van der Waals surface area contributed by atoms with Crippen LogP contribution in [0, 0.1) is 24.4 Å². The molecule has 0 aliphatic heterocycles. The Morgan fingerprint density at radius 3 is 2.30 bits per heavy atom. The van der Waals surface area contributed by atoms with E-state index in [2.05, 4.69) is 0 Å².